The monoisotopic (exact) mass is 293 g/mol. The molecule has 0 aliphatic carbocycles. The Morgan fingerprint density at radius 1 is 1.58 bits per heavy atom. The maximum Gasteiger partial charge on any atom is 0.240 e. The Hall–Kier alpha value is -1.27. The Morgan fingerprint density at radius 2 is 2.42 bits per heavy atom. The highest BCUT2D eigenvalue weighted by Crippen LogP contribution is 2.34. The number of hydrogen-bond donors (Lipinski definition) is 1. The molecule has 1 unspecified atom stereocenters. The SMILES string of the molecule is CSc1ccc2nc(N3CCCC3C(N)=O)sc2c1. The molecule has 0 radical (unpaired) electrons. The second-order valence-electron chi connectivity index (χ2n) is 4.58. The summed E-state index contributed by atoms with van der Waals surface area (Å²) >= 11 is 3.36. The summed E-state index contributed by atoms with van der Waals surface area (Å²) in [6.45, 7) is 0.864. The van der Waals surface area contributed by atoms with Crippen LogP contribution in [0.3, 0.4) is 0 Å². The van der Waals surface area contributed by atoms with Crippen molar-refractivity contribution in [1.82, 2.24) is 4.98 Å². The van der Waals surface area contributed by atoms with Gasteiger partial charge in [0.25, 0.3) is 0 Å². The van der Waals surface area contributed by atoms with Crippen LogP contribution < -0.4 is 10.6 Å². The lowest BCUT2D eigenvalue weighted by Crippen LogP contribution is -2.40. The number of primary amides is 1. The molecule has 0 spiro atoms. The number of nitrogens with two attached hydrogens (primary N) is 1. The van der Waals surface area contributed by atoms with Gasteiger partial charge >= 0.3 is 0 Å². The lowest BCUT2D eigenvalue weighted by atomic mass is 10.2. The fourth-order valence-corrected chi connectivity index (χ4v) is 4.03. The van der Waals surface area contributed by atoms with Crippen LogP contribution in [0.25, 0.3) is 10.2 Å². The van der Waals surface area contributed by atoms with Gasteiger partial charge in [0.2, 0.25) is 5.91 Å². The molecule has 0 saturated carbocycles. The van der Waals surface area contributed by atoms with Crippen LogP contribution in [-0.4, -0.2) is 29.7 Å². The Labute approximate surface area is 120 Å². The lowest BCUT2D eigenvalue weighted by Gasteiger charge is -2.20. The van der Waals surface area contributed by atoms with Crippen LogP contribution in [-0.2, 0) is 4.79 Å². The number of amides is 1. The van der Waals surface area contributed by atoms with Gasteiger partial charge in [-0.2, -0.15) is 0 Å². The summed E-state index contributed by atoms with van der Waals surface area (Å²) in [5.41, 5.74) is 6.45. The van der Waals surface area contributed by atoms with Crippen molar-refractivity contribution in [2.75, 3.05) is 17.7 Å². The smallest absolute Gasteiger partial charge is 0.240 e. The van der Waals surface area contributed by atoms with E-state index in [1.165, 1.54) is 4.90 Å². The predicted molar refractivity (Wildman–Crippen MR) is 81.0 cm³/mol. The van der Waals surface area contributed by atoms with Crippen molar-refractivity contribution >= 4 is 44.4 Å². The van der Waals surface area contributed by atoms with Gasteiger partial charge in [0.15, 0.2) is 5.13 Å². The van der Waals surface area contributed by atoms with Gasteiger partial charge in [-0.1, -0.05) is 11.3 Å². The van der Waals surface area contributed by atoms with E-state index < -0.39 is 0 Å². The highest BCUT2D eigenvalue weighted by atomic mass is 32.2. The van der Waals surface area contributed by atoms with E-state index in [4.69, 9.17) is 5.73 Å². The third kappa shape index (κ3) is 2.30. The molecule has 2 heterocycles. The second-order valence-corrected chi connectivity index (χ2v) is 6.47. The number of rotatable bonds is 3. The van der Waals surface area contributed by atoms with Crippen LogP contribution in [0.15, 0.2) is 23.1 Å². The Bertz CT molecular complexity index is 625. The van der Waals surface area contributed by atoms with Crippen molar-refractivity contribution in [3.05, 3.63) is 18.2 Å². The van der Waals surface area contributed by atoms with Crippen LogP contribution in [0.1, 0.15) is 12.8 Å². The Morgan fingerprint density at radius 3 is 3.16 bits per heavy atom. The van der Waals surface area contributed by atoms with Crippen LogP contribution >= 0.6 is 23.1 Å². The second kappa shape index (κ2) is 5.02. The van der Waals surface area contributed by atoms with E-state index in [9.17, 15) is 4.79 Å². The van der Waals surface area contributed by atoms with Gasteiger partial charge in [-0.05, 0) is 37.3 Å². The molecule has 1 aliphatic heterocycles. The van der Waals surface area contributed by atoms with E-state index >= 15 is 0 Å². The van der Waals surface area contributed by atoms with Gasteiger partial charge in [0.05, 0.1) is 10.2 Å². The maximum absolute atomic E-state index is 11.5. The molecular weight excluding hydrogens is 278 g/mol. The highest BCUT2D eigenvalue weighted by Gasteiger charge is 2.31. The molecule has 1 amide bonds. The van der Waals surface area contributed by atoms with Gasteiger partial charge in [0, 0.05) is 11.4 Å². The molecule has 1 aromatic heterocycles. The summed E-state index contributed by atoms with van der Waals surface area (Å²) in [6.07, 6.45) is 3.90. The fraction of sp³-hybridized carbons (Fsp3) is 0.385. The number of carbonyl (C=O) groups is 1. The number of thiazole rings is 1. The summed E-state index contributed by atoms with van der Waals surface area (Å²) in [6, 6.07) is 6.07. The molecule has 1 saturated heterocycles. The molecule has 2 N–H and O–H groups in total. The van der Waals surface area contributed by atoms with E-state index in [1.807, 2.05) is 11.0 Å². The standard InChI is InChI=1S/C13H15N3OS2/c1-18-8-4-5-9-11(7-8)19-13(15-9)16-6-2-3-10(16)12(14)17/h4-5,7,10H,2-3,6H2,1H3,(H2,14,17). The number of carbonyl (C=O) groups excluding carboxylic acids is 1. The van der Waals surface area contributed by atoms with E-state index in [0.29, 0.717) is 0 Å². The van der Waals surface area contributed by atoms with Gasteiger partial charge in [-0.25, -0.2) is 4.98 Å². The predicted octanol–water partition coefficient (Wildman–Crippen LogP) is 2.47. The average molecular weight is 293 g/mol. The minimum atomic E-state index is -0.249. The summed E-state index contributed by atoms with van der Waals surface area (Å²) in [5, 5.41) is 0.912. The van der Waals surface area contributed by atoms with E-state index in [-0.39, 0.29) is 11.9 Å². The zero-order valence-electron chi connectivity index (χ0n) is 10.6. The van der Waals surface area contributed by atoms with Crippen molar-refractivity contribution in [1.29, 1.82) is 0 Å². The van der Waals surface area contributed by atoms with Crippen LogP contribution in [0.2, 0.25) is 0 Å². The van der Waals surface area contributed by atoms with E-state index in [1.54, 1.807) is 23.1 Å². The van der Waals surface area contributed by atoms with E-state index in [2.05, 4.69) is 23.4 Å². The molecule has 19 heavy (non-hydrogen) atoms. The Kier molecular flexibility index (Phi) is 3.36. The number of aromatic nitrogens is 1. The van der Waals surface area contributed by atoms with Crippen molar-refractivity contribution < 1.29 is 4.79 Å². The fourth-order valence-electron chi connectivity index (χ4n) is 2.43. The first kappa shape index (κ1) is 12.7. The third-order valence-electron chi connectivity index (χ3n) is 3.41. The van der Waals surface area contributed by atoms with Crippen LogP contribution in [0, 0.1) is 0 Å². The summed E-state index contributed by atoms with van der Waals surface area (Å²) < 4.78 is 1.16. The molecule has 6 heteroatoms. The molecular formula is C13H15N3OS2. The van der Waals surface area contributed by atoms with Crippen LogP contribution in [0.4, 0.5) is 5.13 Å². The summed E-state index contributed by atoms with van der Waals surface area (Å²) in [7, 11) is 0. The maximum atomic E-state index is 11.5. The number of anilines is 1. The zero-order chi connectivity index (χ0) is 13.4. The van der Waals surface area contributed by atoms with Crippen LogP contribution in [0.5, 0.6) is 0 Å². The summed E-state index contributed by atoms with van der Waals surface area (Å²) in [5.74, 6) is -0.249. The first-order valence-electron chi connectivity index (χ1n) is 6.19. The molecule has 4 nitrogen and oxygen atoms in total. The molecule has 1 fully saturated rings. The lowest BCUT2D eigenvalue weighted by molar-refractivity contribution is -0.119. The van der Waals surface area contributed by atoms with Gasteiger partial charge < -0.3 is 10.6 Å². The number of benzene rings is 1. The Balaban J connectivity index is 1.98. The quantitative estimate of drug-likeness (QED) is 0.883. The van der Waals surface area contributed by atoms with Gasteiger partial charge in [-0.15, -0.1) is 11.8 Å². The first-order chi connectivity index (χ1) is 9.19. The molecule has 1 atom stereocenters. The first-order valence-corrected chi connectivity index (χ1v) is 8.23. The zero-order valence-corrected chi connectivity index (χ0v) is 12.3. The topological polar surface area (TPSA) is 59.2 Å². The molecule has 1 aromatic carbocycles. The van der Waals surface area contributed by atoms with Crippen molar-refractivity contribution in [2.24, 2.45) is 5.73 Å². The van der Waals surface area contributed by atoms with Crippen molar-refractivity contribution in [3.63, 3.8) is 0 Å². The average Bonchev–Trinajstić information content (AvgIpc) is 3.03. The summed E-state index contributed by atoms with van der Waals surface area (Å²) in [4.78, 5) is 19.4. The van der Waals surface area contributed by atoms with Gasteiger partial charge in [0.1, 0.15) is 6.04 Å². The van der Waals surface area contributed by atoms with E-state index in [0.717, 1.165) is 34.7 Å². The molecule has 1 aliphatic rings. The normalized spacial score (nSPS) is 19.2. The molecule has 0 bridgehead atoms. The van der Waals surface area contributed by atoms with Crippen molar-refractivity contribution in [3.8, 4) is 0 Å². The number of nitrogens with zero attached hydrogens (tertiary/aromatic N) is 2. The number of thioether (sulfide) groups is 1. The number of hydrogen-bond acceptors (Lipinski definition) is 5. The highest BCUT2D eigenvalue weighted by molar-refractivity contribution is 7.98. The largest absolute Gasteiger partial charge is 0.368 e. The molecule has 100 valence electrons. The molecule has 3 rings (SSSR count). The number of fused-ring (bicyclic) bond motifs is 1. The van der Waals surface area contributed by atoms with Crippen molar-refractivity contribution in [2.45, 2.75) is 23.8 Å². The molecule has 2 aromatic rings. The third-order valence-corrected chi connectivity index (χ3v) is 5.19. The minimum Gasteiger partial charge on any atom is -0.368 e. The minimum absolute atomic E-state index is 0.194. The van der Waals surface area contributed by atoms with Gasteiger partial charge in [-0.3, -0.25) is 4.79 Å².